The molecule has 0 bridgehead atoms. The maximum Gasteiger partial charge on any atom is 0.245 e. The van der Waals surface area contributed by atoms with Crippen LogP contribution in [-0.4, -0.2) is 57.5 Å². The van der Waals surface area contributed by atoms with E-state index in [0.717, 1.165) is 0 Å². The highest BCUT2D eigenvalue weighted by atomic mass is 32.1. The first kappa shape index (κ1) is 21.5. The molecule has 5 nitrogen and oxygen atoms in total. The van der Waals surface area contributed by atoms with Crippen LogP contribution in [0.5, 0.6) is 0 Å². The summed E-state index contributed by atoms with van der Waals surface area (Å²) in [4.78, 5) is 27.3. The third-order valence-corrected chi connectivity index (χ3v) is 3.34. The Hall–Kier alpha value is -0.750. The number of rotatable bonds is 3. The molecule has 1 saturated heterocycles. The Kier molecular flexibility index (Phi) is 9.18. The van der Waals surface area contributed by atoms with E-state index in [2.05, 4.69) is 0 Å². The van der Waals surface area contributed by atoms with Crippen LogP contribution in [0.4, 0.5) is 0 Å². The molecule has 20 heavy (non-hydrogen) atoms. The average Bonchev–Trinajstić information content (AvgIpc) is 2.59. The normalized spacial score (nSPS) is 21.5. The van der Waals surface area contributed by atoms with Crippen LogP contribution >= 0.6 is 13.5 Å². The molecule has 0 aliphatic carbocycles. The molecule has 120 valence electrons. The summed E-state index contributed by atoms with van der Waals surface area (Å²) in [5.41, 5.74) is 0. The van der Waals surface area contributed by atoms with Gasteiger partial charge < -0.3 is 14.9 Å². The second-order valence-corrected chi connectivity index (χ2v) is 5.51. The summed E-state index contributed by atoms with van der Waals surface area (Å²) in [6.07, 6.45) is -0.252. The van der Waals surface area contributed by atoms with Gasteiger partial charge in [0.2, 0.25) is 11.8 Å². The highest BCUT2D eigenvalue weighted by Crippen LogP contribution is 2.22. The molecule has 0 aromatic heterocycles. The zero-order valence-corrected chi connectivity index (χ0v) is 13.4. The van der Waals surface area contributed by atoms with Crippen molar-refractivity contribution in [2.24, 2.45) is 0 Å². The van der Waals surface area contributed by atoms with Crippen molar-refractivity contribution >= 4 is 25.3 Å². The van der Waals surface area contributed by atoms with Gasteiger partial charge in [-0.15, -0.1) is 0 Å². The quantitative estimate of drug-likeness (QED) is 0.856. The molecule has 0 saturated carbocycles. The third kappa shape index (κ3) is 4.66. The van der Waals surface area contributed by atoms with Crippen molar-refractivity contribution in [3.63, 3.8) is 0 Å². The number of nitrogens with zero attached hydrogens (tertiary/aromatic N) is 2. The zero-order valence-electron chi connectivity index (χ0n) is 12.4. The first-order valence-corrected chi connectivity index (χ1v) is 6.53. The molecule has 2 amide bonds. The molecule has 0 aromatic rings. The fourth-order valence-electron chi connectivity index (χ4n) is 2.67. The molecule has 1 aliphatic rings. The smallest absolute Gasteiger partial charge is 0.245 e. The van der Waals surface area contributed by atoms with E-state index >= 15 is 0 Å². The molecule has 1 aliphatic heterocycles. The highest BCUT2D eigenvalue weighted by Gasteiger charge is 2.40. The summed E-state index contributed by atoms with van der Waals surface area (Å²) in [5.74, 6) is -0.218. The van der Waals surface area contributed by atoms with Gasteiger partial charge in [-0.1, -0.05) is 7.43 Å². The van der Waals surface area contributed by atoms with Gasteiger partial charge in [0, 0.05) is 32.0 Å². The lowest BCUT2D eigenvalue weighted by molar-refractivity contribution is -0.145. The largest absolute Gasteiger partial charge is 0.391 e. The molecule has 1 unspecified atom stereocenters. The lowest BCUT2D eigenvalue weighted by atomic mass is 10.1. The average molecular weight is 306 g/mol. The molecule has 0 aromatic carbocycles. The number of likely N-dealkylation sites (tertiary alicyclic amines) is 1. The number of amides is 2. The zero-order chi connectivity index (χ0) is 14.0. The van der Waals surface area contributed by atoms with E-state index in [1.54, 1.807) is 4.90 Å². The number of aliphatic hydroxyl groups excluding tert-OH is 1. The molecule has 1 rings (SSSR count). The minimum atomic E-state index is -0.593. The van der Waals surface area contributed by atoms with E-state index in [-0.39, 0.29) is 51.4 Å². The van der Waals surface area contributed by atoms with Crippen molar-refractivity contribution < 1.29 is 14.7 Å². The second-order valence-electron chi connectivity index (χ2n) is 5.51. The number of carbonyl (C=O) groups excluding carboxylic acids is 2. The van der Waals surface area contributed by atoms with Gasteiger partial charge in [-0.25, -0.2) is 0 Å². The number of carbonyl (C=O) groups is 2. The number of hydrogen-bond donors (Lipinski definition) is 1. The maximum absolute atomic E-state index is 12.5. The van der Waals surface area contributed by atoms with E-state index in [1.807, 2.05) is 27.7 Å². The van der Waals surface area contributed by atoms with Crippen LogP contribution in [-0.2, 0) is 9.59 Å². The van der Waals surface area contributed by atoms with E-state index in [0.29, 0.717) is 6.42 Å². The fourth-order valence-corrected chi connectivity index (χ4v) is 2.67. The highest BCUT2D eigenvalue weighted by molar-refractivity contribution is 7.59. The van der Waals surface area contributed by atoms with Gasteiger partial charge in [0.05, 0.1) is 6.10 Å². The maximum atomic E-state index is 12.5. The summed E-state index contributed by atoms with van der Waals surface area (Å²) in [7, 11) is 0. The van der Waals surface area contributed by atoms with Crippen molar-refractivity contribution in [2.45, 2.75) is 72.7 Å². The first-order chi connectivity index (χ1) is 8.25. The molecular formula is C14H30N2O3S. The minimum absolute atomic E-state index is 0. The Morgan fingerprint density at radius 1 is 1.20 bits per heavy atom. The van der Waals surface area contributed by atoms with Crippen LogP contribution < -0.4 is 0 Å². The van der Waals surface area contributed by atoms with Crippen LogP contribution in [0.25, 0.3) is 0 Å². The van der Waals surface area contributed by atoms with Crippen LogP contribution in [0.1, 0.15) is 48.5 Å². The fraction of sp³-hybridized carbons (Fsp3) is 0.857. The van der Waals surface area contributed by atoms with Gasteiger partial charge in [0.15, 0.2) is 0 Å². The molecule has 0 radical (unpaired) electrons. The van der Waals surface area contributed by atoms with Gasteiger partial charge in [-0.05, 0) is 27.7 Å². The summed E-state index contributed by atoms with van der Waals surface area (Å²) in [5, 5.41) is 9.66. The number of aliphatic hydroxyl groups is 1. The predicted octanol–water partition coefficient (Wildman–Crippen LogP) is 1.36. The summed E-state index contributed by atoms with van der Waals surface area (Å²) in [6, 6.07) is -0.338. The summed E-state index contributed by atoms with van der Waals surface area (Å²) in [6.45, 7) is 9.54. The summed E-state index contributed by atoms with van der Waals surface area (Å²) >= 11 is 0. The topological polar surface area (TPSA) is 60.9 Å². The lowest BCUT2D eigenvalue weighted by Gasteiger charge is -2.35. The van der Waals surface area contributed by atoms with E-state index in [9.17, 15) is 14.7 Å². The van der Waals surface area contributed by atoms with Gasteiger partial charge in [0.25, 0.3) is 0 Å². The number of hydrogen-bond acceptors (Lipinski definition) is 3. The Bertz CT molecular complexity index is 326. The Balaban J connectivity index is 0. The minimum Gasteiger partial charge on any atom is -0.391 e. The monoisotopic (exact) mass is 306 g/mol. The predicted molar refractivity (Wildman–Crippen MR) is 86.0 cm³/mol. The summed E-state index contributed by atoms with van der Waals surface area (Å²) < 4.78 is 0. The van der Waals surface area contributed by atoms with Crippen LogP contribution in [0.3, 0.4) is 0 Å². The molecule has 6 heteroatoms. The molecule has 1 fully saturated rings. The van der Waals surface area contributed by atoms with Crippen molar-refractivity contribution in [3.05, 3.63) is 0 Å². The molecular weight excluding hydrogens is 276 g/mol. The van der Waals surface area contributed by atoms with Crippen molar-refractivity contribution in [3.8, 4) is 0 Å². The van der Waals surface area contributed by atoms with E-state index in [4.69, 9.17) is 0 Å². The van der Waals surface area contributed by atoms with Gasteiger partial charge in [0.1, 0.15) is 6.04 Å². The SMILES string of the molecule is C.CC(=O)N1C[C@H](O)CC1C(=O)N(C(C)C)C(C)C.S. The van der Waals surface area contributed by atoms with Crippen LogP contribution in [0.15, 0.2) is 0 Å². The Morgan fingerprint density at radius 3 is 2.00 bits per heavy atom. The van der Waals surface area contributed by atoms with Crippen molar-refractivity contribution in [1.82, 2.24) is 9.80 Å². The second kappa shape index (κ2) is 8.52. The van der Waals surface area contributed by atoms with Gasteiger partial charge in [-0.3, -0.25) is 9.59 Å². The van der Waals surface area contributed by atoms with Gasteiger partial charge >= 0.3 is 0 Å². The molecule has 2 atom stereocenters. The first-order valence-electron chi connectivity index (χ1n) is 6.53. The van der Waals surface area contributed by atoms with Crippen LogP contribution in [0.2, 0.25) is 0 Å². The van der Waals surface area contributed by atoms with Crippen LogP contribution in [0, 0.1) is 0 Å². The Morgan fingerprint density at radius 2 is 1.65 bits per heavy atom. The molecule has 1 heterocycles. The third-order valence-electron chi connectivity index (χ3n) is 3.34. The standard InChI is InChI=1S/C13H24N2O3.CH4.H2S/c1-8(2)15(9(3)4)13(18)12-6-11(17)7-14(12)10(5)16;;/h8-9,11-12,17H,6-7H2,1-5H3;1H4;1H2/t11-,12?;;/m1../s1. The number of β-amino-alcohol motifs (C(OH)–C–C–N with tert-alkyl or cyclic N) is 1. The van der Waals surface area contributed by atoms with Gasteiger partial charge in [-0.2, -0.15) is 13.5 Å². The Labute approximate surface area is 129 Å². The van der Waals surface area contributed by atoms with Crippen molar-refractivity contribution in [1.29, 1.82) is 0 Å². The van der Waals surface area contributed by atoms with E-state index in [1.165, 1.54) is 11.8 Å². The molecule has 1 N–H and O–H groups in total. The molecule has 0 spiro atoms. The van der Waals surface area contributed by atoms with E-state index < -0.39 is 12.1 Å². The lowest BCUT2D eigenvalue weighted by Crippen LogP contribution is -2.51. The van der Waals surface area contributed by atoms with Crippen molar-refractivity contribution in [2.75, 3.05) is 6.54 Å².